The average Bonchev–Trinajstić information content (AvgIpc) is 2.15. The molecule has 0 radical (unpaired) electrons. The van der Waals surface area contributed by atoms with Crippen molar-refractivity contribution in [2.45, 2.75) is 33.6 Å². The summed E-state index contributed by atoms with van der Waals surface area (Å²) in [5, 5.41) is 18.2. The van der Waals surface area contributed by atoms with E-state index < -0.39 is 17.4 Å². The normalized spacial score (nSPS) is 24.2. The number of carbonyl (C=O) groups is 2. The molecule has 4 nitrogen and oxygen atoms in total. The summed E-state index contributed by atoms with van der Waals surface area (Å²) in [5.74, 6) is -1.65. The Kier molecular flexibility index (Phi) is 3.76. The third-order valence-corrected chi connectivity index (χ3v) is 2.83. The van der Waals surface area contributed by atoms with Gasteiger partial charge >= 0.3 is 11.9 Å². The van der Waals surface area contributed by atoms with Crippen molar-refractivity contribution >= 4 is 11.9 Å². The number of allylic oxidation sites excluding steroid dienone is 2. The Morgan fingerprint density at radius 1 is 1.41 bits per heavy atom. The summed E-state index contributed by atoms with van der Waals surface area (Å²) >= 11 is 0. The minimum Gasteiger partial charge on any atom is -0.481 e. The molecule has 0 amide bonds. The summed E-state index contributed by atoms with van der Waals surface area (Å²) in [6, 6.07) is 0. The van der Waals surface area contributed by atoms with E-state index in [0.717, 1.165) is 5.57 Å². The number of hydrogen-bond acceptors (Lipinski definition) is 2. The van der Waals surface area contributed by atoms with E-state index in [1.807, 2.05) is 13.8 Å². The Morgan fingerprint density at radius 3 is 2.41 bits per heavy atom. The van der Waals surface area contributed by atoms with Gasteiger partial charge in [0.05, 0.1) is 5.41 Å². The summed E-state index contributed by atoms with van der Waals surface area (Å²) in [6.07, 6.45) is 4.02. The lowest BCUT2D eigenvalue weighted by molar-refractivity contribution is -0.145. The van der Waals surface area contributed by atoms with Crippen molar-refractivity contribution in [1.82, 2.24) is 0 Å². The topological polar surface area (TPSA) is 74.6 Å². The average molecular weight is 238 g/mol. The molecular weight excluding hydrogens is 220 g/mol. The highest BCUT2D eigenvalue weighted by Gasteiger charge is 2.36. The van der Waals surface area contributed by atoms with Gasteiger partial charge < -0.3 is 10.2 Å². The summed E-state index contributed by atoms with van der Waals surface area (Å²) in [7, 11) is 0. The first kappa shape index (κ1) is 13.5. The van der Waals surface area contributed by atoms with E-state index in [2.05, 4.69) is 0 Å². The van der Waals surface area contributed by atoms with Crippen LogP contribution < -0.4 is 0 Å². The number of rotatable bonds is 4. The zero-order chi connectivity index (χ0) is 13.2. The molecule has 4 heteroatoms. The van der Waals surface area contributed by atoms with Crippen LogP contribution in [0.1, 0.15) is 33.6 Å². The molecule has 1 unspecified atom stereocenters. The minimum atomic E-state index is -1.10. The molecule has 0 fully saturated rings. The Hall–Kier alpha value is -1.58. The van der Waals surface area contributed by atoms with E-state index in [4.69, 9.17) is 5.11 Å². The van der Waals surface area contributed by atoms with Crippen LogP contribution in [-0.2, 0) is 9.59 Å². The summed E-state index contributed by atoms with van der Waals surface area (Å²) < 4.78 is 0. The van der Waals surface area contributed by atoms with Gasteiger partial charge in [-0.2, -0.15) is 0 Å². The molecule has 0 saturated heterocycles. The van der Waals surface area contributed by atoms with Gasteiger partial charge in [-0.25, -0.2) is 4.79 Å². The van der Waals surface area contributed by atoms with Crippen molar-refractivity contribution in [1.29, 1.82) is 0 Å². The first-order valence-corrected chi connectivity index (χ1v) is 5.63. The van der Waals surface area contributed by atoms with Crippen LogP contribution in [0.2, 0.25) is 0 Å². The second kappa shape index (κ2) is 4.73. The van der Waals surface area contributed by atoms with Gasteiger partial charge in [0.2, 0.25) is 0 Å². The molecule has 0 aromatic heterocycles. The second-order valence-electron chi connectivity index (χ2n) is 5.19. The fourth-order valence-corrected chi connectivity index (χ4v) is 2.04. The zero-order valence-corrected chi connectivity index (χ0v) is 10.4. The van der Waals surface area contributed by atoms with E-state index in [-0.39, 0.29) is 12.0 Å². The van der Waals surface area contributed by atoms with Crippen LogP contribution in [-0.4, -0.2) is 22.2 Å². The monoisotopic (exact) mass is 238 g/mol. The number of carboxylic acid groups (broad SMARTS) is 2. The molecular formula is C13H18O4. The van der Waals surface area contributed by atoms with Crippen molar-refractivity contribution in [2.75, 3.05) is 0 Å². The molecule has 0 aliphatic heterocycles. The first-order valence-electron chi connectivity index (χ1n) is 5.63. The molecule has 0 heterocycles. The number of aliphatic carboxylic acids is 2. The minimum absolute atomic E-state index is 0.0409. The lowest BCUT2D eigenvalue weighted by atomic mass is 9.76. The molecule has 0 spiro atoms. The van der Waals surface area contributed by atoms with E-state index in [9.17, 15) is 14.7 Å². The number of carboxylic acids is 2. The molecule has 2 N–H and O–H groups in total. The predicted molar refractivity (Wildman–Crippen MR) is 63.6 cm³/mol. The second-order valence-corrected chi connectivity index (χ2v) is 5.19. The quantitative estimate of drug-likeness (QED) is 0.789. The van der Waals surface area contributed by atoms with Crippen LogP contribution in [0.25, 0.3) is 0 Å². The standard InChI is InChI=1S/C13H18O4/c1-8(2)4-9-5-10(11(14)15)7-13(3,6-9)12(16)17/h5-6,8H,4,7H2,1-3H3,(H,14,15)(H,16,17). The molecule has 0 bridgehead atoms. The molecule has 0 aromatic rings. The fourth-order valence-electron chi connectivity index (χ4n) is 2.04. The lowest BCUT2D eigenvalue weighted by Crippen LogP contribution is -2.30. The van der Waals surface area contributed by atoms with Gasteiger partial charge in [-0.3, -0.25) is 4.79 Å². The van der Waals surface area contributed by atoms with Crippen LogP contribution in [0.5, 0.6) is 0 Å². The Bertz CT molecular complexity index is 404. The van der Waals surface area contributed by atoms with Gasteiger partial charge in [-0.1, -0.05) is 25.5 Å². The lowest BCUT2D eigenvalue weighted by Gasteiger charge is -2.27. The molecule has 94 valence electrons. The zero-order valence-electron chi connectivity index (χ0n) is 10.4. The maximum absolute atomic E-state index is 11.2. The smallest absolute Gasteiger partial charge is 0.331 e. The molecule has 1 aliphatic rings. The van der Waals surface area contributed by atoms with Gasteiger partial charge in [0, 0.05) is 5.57 Å². The van der Waals surface area contributed by atoms with Gasteiger partial charge in [0.1, 0.15) is 0 Å². The van der Waals surface area contributed by atoms with Crippen LogP contribution >= 0.6 is 0 Å². The van der Waals surface area contributed by atoms with Crippen molar-refractivity contribution in [2.24, 2.45) is 11.3 Å². The van der Waals surface area contributed by atoms with Gasteiger partial charge in [0.25, 0.3) is 0 Å². The molecule has 0 aromatic carbocycles. The fraction of sp³-hybridized carbons (Fsp3) is 0.538. The molecule has 17 heavy (non-hydrogen) atoms. The largest absolute Gasteiger partial charge is 0.481 e. The Labute approximate surface area is 101 Å². The number of hydrogen-bond donors (Lipinski definition) is 2. The van der Waals surface area contributed by atoms with Crippen LogP contribution in [0.15, 0.2) is 23.3 Å². The van der Waals surface area contributed by atoms with Gasteiger partial charge in [-0.05, 0) is 31.8 Å². The third-order valence-electron chi connectivity index (χ3n) is 2.83. The highest BCUT2D eigenvalue weighted by atomic mass is 16.4. The Morgan fingerprint density at radius 2 is 2.00 bits per heavy atom. The van der Waals surface area contributed by atoms with E-state index >= 15 is 0 Å². The molecule has 1 atom stereocenters. The first-order chi connectivity index (χ1) is 7.74. The van der Waals surface area contributed by atoms with Gasteiger partial charge in [0.15, 0.2) is 0 Å². The molecule has 1 aliphatic carbocycles. The van der Waals surface area contributed by atoms with Crippen LogP contribution in [0.3, 0.4) is 0 Å². The Balaban J connectivity index is 3.10. The summed E-state index contributed by atoms with van der Waals surface area (Å²) in [5.41, 5.74) is -0.131. The van der Waals surface area contributed by atoms with E-state index in [0.29, 0.717) is 12.3 Å². The molecule has 1 rings (SSSR count). The van der Waals surface area contributed by atoms with Crippen LogP contribution in [0.4, 0.5) is 0 Å². The van der Waals surface area contributed by atoms with Crippen LogP contribution in [0, 0.1) is 11.3 Å². The highest BCUT2D eigenvalue weighted by Crippen LogP contribution is 2.36. The van der Waals surface area contributed by atoms with Crippen molar-refractivity contribution < 1.29 is 19.8 Å². The van der Waals surface area contributed by atoms with Crippen molar-refractivity contribution in [3.63, 3.8) is 0 Å². The van der Waals surface area contributed by atoms with Crippen molar-refractivity contribution in [3.05, 3.63) is 23.3 Å². The summed E-state index contributed by atoms with van der Waals surface area (Å²) in [4.78, 5) is 22.2. The maximum atomic E-state index is 11.2. The summed E-state index contributed by atoms with van der Waals surface area (Å²) in [6.45, 7) is 5.59. The third kappa shape index (κ3) is 3.19. The van der Waals surface area contributed by atoms with E-state index in [1.165, 1.54) is 0 Å². The predicted octanol–water partition coefficient (Wildman–Crippen LogP) is 2.46. The molecule has 0 saturated carbocycles. The maximum Gasteiger partial charge on any atom is 0.331 e. The van der Waals surface area contributed by atoms with Crippen molar-refractivity contribution in [3.8, 4) is 0 Å². The highest BCUT2D eigenvalue weighted by molar-refractivity contribution is 5.90. The SMILES string of the molecule is CC(C)CC1=CC(C)(C(=O)O)CC(C(=O)O)=C1. The van der Waals surface area contributed by atoms with E-state index in [1.54, 1.807) is 19.1 Å². The van der Waals surface area contributed by atoms with Gasteiger partial charge in [-0.15, -0.1) is 0 Å².